The minimum Gasteiger partial charge on any atom is -1.00 e. The van der Waals surface area contributed by atoms with E-state index in [-0.39, 0.29) is 52.0 Å². The minimum atomic E-state index is 0. The van der Waals surface area contributed by atoms with Crippen molar-refractivity contribution in [2.24, 2.45) is 0 Å². The third-order valence-electron chi connectivity index (χ3n) is 5.64. The summed E-state index contributed by atoms with van der Waals surface area (Å²) in [4.78, 5) is 13.4. The Labute approximate surface area is 210 Å². The predicted molar refractivity (Wildman–Crippen MR) is 135 cm³/mol. The summed E-state index contributed by atoms with van der Waals surface area (Å²) in [6.45, 7) is 19.0. The van der Waals surface area contributed by atoms with Crippen LogP contribution in [0.3, 0.4) is 0 Å². The van der Waals surface area contributed by atoms with Gasteiger partial charge in [-0.25, -0.2) is 0 Å². The first kappa shape index (κ1) is 28.8. The molecule has 0 aliphatic carbocycles. The molecule has 0 spiro atoms. The number of rotatable bonds is 9. The first-order valence-electron chi connectivity index (χ1n) is 11.4. The summed E-state index contributed by atoms with van der Waals surface area (Å²) in [5.41, 5.74) is 4.39. The maximum Gasteiger partial charge on any atom is 1.00 e. The zero-order valence-corrected chi connectivity index (χ0v) is 22.7. The Bertz CT molecular complexity index is 901. The minimum absolute atomic E-state index is 0. The van der Waals surface area contributed by atoms with Crippen LogP contribution in [0.5, 0.6) is 11.5 Å². The van der Waals surface area contributed by atoms with Gasteiger partial charge in [-0.2, -0.15) is 0 Å². The topological polar surface area (TPSA) is 35.5 Å². The van der Waals surface area contributed by atoms with E-state index in [0.717, 1.165) is 46.3 Å². The van der Waals surface area contributed by atoms with E-state index in [4.69, 9.17) is 9.47 Å². The van der Waals surface area contributed by atoms with Crippen LogP contribution in [0, 0.1) is 13.8 Å². The van der Waals surface area contributed by atoms with Gasteiger partial charge < -0.3 is 10.9 Å². The molecule has 3 unspecified atom stereocenters. The average Bonchev–Trinajstić information content (AvgIpc) is 2.68. The molecule has 0 amide bonds. The molecule has 0 N–H and O–H groups in total. The summed E-state index contributed by atoms with van der Waals surface area (Å²) in [6, 6.07) is 10.2. The van der Waals surface area contributed by atoms with Crippen LogP contribution in [0.15, 0.2) is 30.3 Å². The number of aryl methyl sites for hydroxylation is 2. The van der Waals surface area contributed by atoms with Crippen LogP contribution in [0.4, 0.5) is 0 Å². The smallest absolute Gasteiger partial charge is 1.00 e. The standard InChI is InChI=1S/C27H39O3P.Li.H/c1-10-19(5)29-22-12-13-24(23(16-22)30-20(6)11-2)31-26(28)25-17(3)14-21(15-18(25)4)27(7,8)9;;/h12-16,19-20,31H,10-11H2,1-9H3;;/q;+1;-1. The van der Waals surface area contributed by atoms with E-state index in [1.54, 1.807) is 0 Å². The number of ether oxygens (including phenoxy) is 2. The molecule has 2 aromatic carbocycles. The van der Waals surface area contributed by atoms with Gasteiger partial charge in [0.1, 0.15) is 11.5 Å². The van der Waals surface area contributed by atoms with Crippen LogP contribution in [0.25, 0.3) is 0 Å². The van der Waals surface area contributed by atoms with Gasteiger partial charge in [0.25, 0.3) is 0 Å². The predicted octanol–water partition coefficient (Wildman–Crippen LogP) is 4.22. The molecule has 0 aliphatic rings. The van der Waals surface area contributed by atoms with E-state index in [0.29, 0.717) is 0 Å². The monoisotopic (exact) mass is 450 g/mol. The average molecular weight is 451 g/mol. The van der Waals surface area contributed by atoms with Gasteiger partial charge in [0.05, 0.1) is 12.2 Å². The van der Waals surface area contributed by atoms with Crippen LogP contribution in [-0.2, 0) is 5.41 Å². The number of benzene rings is 2. The molecule has 0 fully saturated rings. The van der Waals surface area contributed by atoms with Crippen LogP contribution in [-0.4, -0.2) is 17.7 Å². The van der Waals surface area contributed by atoms with Gasteiger partial charge in [-0.05, 0) is 83.4 Å². The van der Waals surface area contributed by atoms with Crippen molar-refractivity contribution in [2.75, 3.05) is 0 Å². The van der Waals surface area contributed by atoms with Crippen molar-refractivity contribution < 1.29 is 34.6 Å². The largest absolute Gasteiger partial charge is 1.00 e. The van der Waals surface area contributed by atoms with E-state index >= 15 is 0 Å². The Hall–Kier alpha value is -1.26. The SMILES string of the molecule is CCC(C)Oc1ccc(PC(=O)c2c(C)cc(C(C)(C)C)cc2C)c(OC(C)CC)c1.[H-].[Li+]. The summed E-state index contributed by atoms with van der Waals surface area (Å²) >= 11 is 0. The molecule has 0 aliphatic heterocycles. The van der Waals surface area contributed by atoms with Crippen LogP contribution < -0.4 is 33.6 Å². The number of hydrogen-bond donors (Lipinski definition) is 0. The second kappa shape index (κ2) is 12.3. The first-order valence-corrected chi connectivity index (χ1v) is 12.4. The number of hydrogen-bond acceptors (Lipinski definition) is 3. The molecule has 2 rings (SSSR count). The van der Waals surface area contributed by atoms with Gasteiger partial charge in [-0.1, -0.05) is 46.8 Å². The molecule has 3 nitrogen and oxygen atoms in total. The van der Waals surface area contributed by atoms with E-state index in [9.17, 15) is 4.79 Å². The summed E-state index contributed by atoms with van der Waals surface area (Å²) < 4.78 is 12.2. The molecule has 0 saturated heterocycles. The Kier molecular flexibility index (Phi) is 11.0. The Morgan fingerprint density at radius 1 is 0.969 bits per heavy atom. The van der Waals surface area contributed by atoms with Gasteiger partial charge in [-0.15, -0.1) is 0 Å². The van der Waals surface area contributed by atoms with E-state index in [2.05, 4.69) is 60.6 Å². The second-order valence-corrected chi connectivity index (χ2v) is 10.8. The van der Waals surface area contributed by atoms with E-state index in [1.165, 1.54) is 5.56 Å². The number of carbonyl (C=O) groups is 1. The van der Waals surface area contributed by atoms with Crippen molar-refractivity contribution in [1.82, 2.24) is 0 Å². The van der Waals surface area contributed by atoms with E-state index in [1.807, 2.05) is 32.0 Å². The molecule has 0 saturated carbocycles. The molecular weight excluding hydrogens is 410 g/mol. The normalized spacial score (nSPS) is 13.5. The fourth-order valence-corrected chi connectivity index (χ4v) is 4.52. The molecule has 2 aromatic rings. The molecule has 0 bridgehead atoms. The van der Waals surface area contributed by atoms with Gasteiger partial charge in [0.2, 0.25) is 0 Å². The van der Waals surface area contributed by atoms with Crippen molar-refractivity contribution in [3.05, 3.63) is 52.6 Å². The molecule has 3 atom stereocenters. The molecule has 172 valence electrons. The van der Waals surface area contributed by atoms with Crippen LogP contribution >= 0.6 is 8.58 Å². The van der Waals surface area contributed by atoms with Crippen molar-refractivity contribution in [1.29, 1.82) is 0 Å². The molecule has 0 radical (unpaired) electrons. The Morgan fingerprint density at radius 2 is 1.50 bits per heavy atom. The number of carbonyl (C=O) groups excluding carboxylic acids is 1. The zero-order chi connectivity index (χ0) is 23.3. The quantitative estimate of drug-likeness (QED) is 0.424. The van der Waals surface area contributed by atoms with Gasteiger partial charge >= 0.3 is 18.9 Å². The first-order chi connectivity index (χ1) is 14.5. The molecular formula is C27H40LiO3P. The van der Waals surface area contributed by atoms with Gasteiger partial charge in [-0.3, -0.25) is 4.79 Å². The second-order valence-electron chi connectivity index (χ2n) is 9.52. The summed E-state index contributed by atoms with van der Waals surface area (Å²) in [5, 5.41) is 0.931. The van der Waals surface area contributed by atoms with Crippen molar-refractivity contribution in [3.63, 3.8) is 0 Å². The third kappa shape index (κ3) is 7.66. The zero-order valence-electron chi connectivity index (χ0n) is 22.7. The van der Waals surface area contributed by atoms with Crippen molar-refractivity contribution >= 4 is 19.4 Å². The Morgan fingerprint density at radius 3 is 2.00 bits per heavy atom. The molecule has 0 heterocycles. The fourth-order valence-electron chi connectivity index (χ4n) is 3.33. The summed E-state index contributed by atoms with van der Waals surface area (Å²) in [7, 11) is 0.00479. The Balaban J connectivity index is 0.00000512. The molecule has 32 heavy (non-hydrogen) atoms. The van der Waals surface area contributed by atoms with Crippen molar-refractivity contribution in [3.8, 4) is 11.5 Å². The molecule has 5 heteroatoms. The van der Waals surface area contributed by atoms with E-state index < -0.39 is 0 Å². The van der Waals surface area contributed by atoms with Crippen LogP contribution in [0.2, 0.25) is 0 Å². The summed E-state index contributed by atoms with van der Waals surface area (Å²) in [6.07, 6.45) is 2.05. The third-order valence-corrected chi connectivity index (χ3v) is 6.80. The fraction of sp³-hybridized carbons (Fsp3) is 0.519. The molecule has 0 aromatic heterocycles. The van der Waals surface area contributed by atoms with Crippen molar-refractivity contribution in [2.45, 2.75) is 92.8 Å². The maximum atomic E-state index is 13.4. The van der Waals surface area contributed by atoms with Crippen LogP contribution in [0.1, 0.15) is 89.8 Å². The maximum absolute atomic E-state index is 13.4. The van der Waals surface area contributed by atoms with Gasteiger partial charge in [0, 0.05) is 16.9 Å². The van der Waals surface area contributed by atoms with Gasteiger partial charge in [0.15, 0.2) is 5.52 Å². The summed E-state index contributed by atoms with van der Waals surface area (Å²) in [5.74, 6) is 1.54.